The van der Waals surface area contributed by atoms with Crippen molar-refractivity contribution in [2.75, 3.05) is 13.2 Å². The molecule has 2 fully saturated rings. The van der Waals surface area contributed by atoms with E-state index in [1.807, 2.05) is 24.3 Å². The van der Waals surface area contributed by atoms with Crippen LogP contribution >= 0.6 is 0 Å². The van der Waals surface area contributed by atoms with E-state index in [9.17, 15) is 14.4 Å². The van der Waals surface area contributed by atoms with E-state index < -0.39 is 41.6 Å². The Kier molecular flexibility index (Phi) is 3.86. The fraction of sp³-hybridized carbons (Fsp3) is 0.292. The summed E-state index contributed by atoms with van der Waals surface area (Å²) in [6.45, 7) is 0.221. The van der Waals surface area contributed by atoms with Crippen molar-refractivity contribution in [1.29, 1.82) is 0 Å². The molecule has 3 aliphatic heterocycles. The van der Waals surface area contributed by atoms with Crippen LogP contribution in [0.15, 0.2) is 60.7 Å². The topological polar surface area (TPSA) is 90.9 Å². The number of alkyl carbamates (subject to hydrolysis) is 1. The van der Waals surface area contributed by atoms with Gasteiger partial charge in [-0.15, -0.1) is 0 Å². The molecule has 7 heteroatoms. The number of ether oxygens (including phenoxy) is 3. The molecule has 6 rings (SSSR count). The maximum absolute atomic E-state index is 12.5. The Bertz CT molecular complexity index is 1110. The highest BCUT2D eigenvalue weighted by Gasteiger charge is 2.67. The van der Waals surface area contributed by atoms with Gasteiger partial charge in [-0.25, -0.2) is 4.79 Å². The van der Waals surface area contributed by atoms with Gasteiger partial charge in [-0.05, 0) is 22.3 Å². The SMILES string of the molecule is O=C(NC[C@]12C=C[C@H](O1)[C@@H]1C(=O)OC(=O)[C@@H]12)OCC1c2ccccc2-c2ccccc21. The average molecular weight is 417 g/mol. The molecule has 3 heterocycles. The highest BCUT2D eigenvalue weighted by Crippen LogP contribution is 2.50. The van der Waals surface area contributed by atoms with E-state index >= 15 is 0 Å². The minimum atomic E-state index is -1.07. The molecule has 2 saturated heterocycles. The highest BCUT2D eigenvalue weighted by atomic mass is 16.6. The number of amides is 1. The summed E-state index contributed by atoms with van der Waals surface area (Å²) < 4.78 is 16.2. The number of benzene rings is 2. The van der Waals surface area contributed by atoms with Gasteiger partial charge in [0.2, 0.25) is 0 Å². The second-order valence-electron chi connectivity index (χ2n) is 8.32. The van der Waals surface area contributed by atoms with Crippen molar-refractivity contribution in [2.45, 2.75) is 17.6 Å². The lowest BCUT2D eigenvalue weighted by Crippen LogP contribution is -2.47. The molecule has 31 heavy (non-hydrogen) atoms. The lowest BCUT2D eigenvalue weighted by Gasteiger charge is -2.27. The Hall–Kier alpha value is -3.45. The molecule has 0 aromatic heterocycles. The summed E-state index contributed by atoms with van der Waals surface area (Å²) in [5.74, 6) is -2.57. The van der Waals surface area contributed by atoms with Gasteiger partial charge in [-0.3, -0.25) is 9.59 Å². The van der Waals surface area contributed by atoms with E-state index in [0.29, 0.717) is 0 Å². The van der Waals surface area contributed by atoms with E-state index in [4.69, 9.17) is 14.2 Å². The molecule has 1 N–H and O–H groups in total. The minimum absolute atomic E-state index is 0.0280. The number of nitrogens with one attached hydrogen (secondary N) is 1. The monoisotopic (exact) mass is 417 g/mol. The first-order chi connectivity index (χ1) is 15.1. The third-order valence-electron chi connectivity index (χ3n) is 6.74. The Balaban J connectivity index is 1.14. The smallest absolute Gasteiger partial charge is 0.407 e. The molecular weight excluding hydrogens is 398 g/mol. The Morgan fingerprint density at radius 3 is 2.39 bits per heavy atom. The van der Waals surface area contributed by atoms with E-state index in [-0.39, 0.29) is 19.1 Å². The molecule has 7 nitrogen and oxygen atoms in total. The van der Waals surface area contributed by atoms with Crippen LogP contribution in [0.5, 0.6) is 0 Å². The number of esters is 2. The van der Waals surface area contributed by atoms with Crippen molar-refractivity contribution in [3.8, 4) is 11.1 Å². The first kappa shape index (κ1) is 18.3. The summed E-state index contributed by atoms with van der Waals surface area (Å²) in [6, 6.07) is 16.2. The predicted molar refractivity (Wildman–Crippen MR) is 108 cm³/mol. The van der Waals surface area contributed by atoms with Crippen molar-refractivity contribution >= 4 is 18.0 Å². The second kappa shape index (κ2) is 6.52. The van der Waals surface area contributed by atoms with Gasteiger partial charge >= 0.3 is 18.0 Å². The third-order valence-corrected chi connectivity index (χ3v) is 6.74. The number of rotatable bonds is 4. The summed E-state index contributed by atoms with van der Waals surface area (Å²) >= 11 is 0. The predicted octanol–water partition coefficient (Wildman–Crippen LogP) is 2.55. The molecule has 0 spiro atoms. The number of hydrogen-bond acceptors (Lipinski definition) is 6. The number of cyclic esters (lactones) is 2. The van der Waals surface area contributed by atoms with Gasteiger partial charge in [0.15, 0.2) is 0 Å². The number of hydrogen-bond donors (Lipinski definition) is 1. The fourth-order valence-corrected chi connectivity index (χ4v) is 5.37. The zero-order valence-electron chi connectivity index (χ0n) is 16.4. The van der Waals surface area contributed by atoms with Crippen LogP contribution in [-0.4, -0.2) is 42.9 Å². The summed E-state index contributed by atoms with van der Waals surface area (Å²) in [7, 11) is 0. The van der Waals surface area contributed by atoms with Crippen LogP contribution in [0.25, 0.3) is 11.1 Å². The summed E-state index contributed by atoms with van der Waals surface area (Å²) in [4.78, 5) is 36.6. The number of fused-ring (bicyclic) bond motifs is 8. The molecule has 0 unspecified atom stereocenters. The Morgan fingerprint density at radius 1 is 1.00 bits per heavy atom. The molecule has 156 valence electrons. The van der Waals surface area contributed by atoms with Crippen LogP contribution in [0.1, 0.15) is 17.0 Å². The maximum Gasteiger partial charge on any atom is 0.407 e. The van der Waals surface area contributed by atoms with E-state index in [2.05, 4.69) is 29.6 Å². The van der Waals surface area contributed by atoms with Crippen molar-refractivity contribution in [1.82, 2.24) is 5.32 Å². The Labute approximate surface area is 178 Å². The van der Waals surface area contributed by atoms with Gasteiger partial charge in [-0.1, -0.05) is 60.7 Å². The maximum atomic E-state index is 12.5. The highest BCUT2D eigenvalue weighted by molar-refractivity contribution is 5.99. The van der Waals surface area contributed by atoms with Gasteiger partial charge in [0, 0.05) is 5.92 Å². The molecule has 2 bridgehead atoms. The summed E-state index contributed by atoms with van der Waals surface area (Å²) in [6.07, 6.45) is 2.40. The lowest BCUT2D eigenvalue weighted by atomic mass is 9.77. The molecule has 1 amide bonds. The quantitative estimate of drug-likeness (QED) is 0.467. The standard InChI is InChI=1S/C24H19NO6/c26-21-19-18-9-10-24(31-18,20(19)22(27)30-21)12-25-23(28)29-11-17-15-7-3-1-5-13(15)14-6-2-4-8-16(14)17/h1-10,17-20H,11-12H2,(H,25,28)/t18-,19-,20+,24-/m0/s1. The van der Waals surface area contributed by atoms with Gasteiger partial charge < -0.3 is 19.5 Å². The zero-order valence-corrected chi connectivity index (χ0v) is 16.4. The molecule has 2 aromatic carbocycles. The van der Waals surface area contributed by atoms with Gasteiger partial charge in [0.25, 0.3) is 0 Å². The van der Waals surface area contributed by atoms with E-state index in [1.165, 1.54) is 0 Å². The molecule has 1 aliphatic carbocycles. The van der Waals surface area contributed by atoms with Gasteiger partial charge in [0.05, 0.1) is 12.6 Å². The van der Waals surface area contributed by atoms with Gasteiger partial charge in [-0.2, -0.15) is 0 Å². The van der Waals surface area contributed by atoms with Crippen molar-refractivity contribution in [3.05, 3.63) is 71.8 Å². The zero-order chi connectivity index (χ0) is 21.2. The van der Waals surface area contributed by atoms with Crippen LogP contribution in [0.2, 0.25) is 0 Å². The van der Waals surface area contributed by atoms with E-state index in [0.717, 1.165) is 22.3 Å². The third kappa shape index (κ3) is 2.59. The molecule has 4 aliphatic rings. The molecule has 0 saturated carbocycles. The minimum Gasteiger partial charge on any atom is -0.449 e. The number of carbonyl (C=O) groups excluding carboxylic acids is 3. The number of carbonyl (C=O) groups is 3. The van der Waals surface area contributed by atoms with Crippen LogP contribution in [0, 0.1) is 11.8 Å². The van der Waals surface area contributed by atoms with Crippen LogP contribution < -0.4 is 5.32 Å². The largest absolute Gasteiger partial charge is 0.449 e. The van der Waals surface area contributed by atoms with Crippen molar-refractivity contribution in [3.63, 3.8) is 0 Å². The van der Waals surface area contributed by atoms with Crippen molar-refractivity contribution < 1.29 is 28.6 Å². The Morgan fingerprint density at radius 2 is 1.68 bits per heavy atom. The van der Waals surface area contributed by atoms with Crippen LogP contribution in [-0.2, 0) is 23.8 Å². The second-order valence-corrected chi connectivity index (χ2v) is 8.32. The normalized spacial score (nSPS) is 29.5. The van der Waals surface area contributed by atoms with Crippen molar-refractivity contribution in [2.24, 2.45) is 11.8 Å². The molecule has 4 atom stereocenters. The molecule has 2 aromatic rings. The van der Waals surface area contributed by atoms with Crippen LogP contribution in [0.3, 0.4) is 0 Å². The van der Waals surface area contributed by atoms with Crippen LogP contribution in [0.4, 0.5) is 4.79 Å². The fourth-order valence-electron chi connectivity index (χ4n) is 5.37. The summed E-state index contributed by atoms with van der Waals surface area (Å²) in [5.41, 5.74) is 3.51. The summed E-state index contributed by atoms with van der Waals surface area (Å²) in [5, 5.41) is 2.71. The first-order valence-corrected chi connectivity index (χ1v) is 10.3. The van der Waals surface area contributed by atoms with E-state index in [1.54, 1.807) is 12.2 Å². The molecule has 0 radical (unpaired) electrons. The first-order valence-electron chi connectivity index (χ1n) is 10.3. The van der Waals surface area contributed by atoms with Gasteiger partial charge in [0.1, 0.15) is 24.0 Å². The lowest BCUT2D eigenvalue weighted by molar-refractivity contribution is -0.158. The average Bonchev–Trinajstić information content (AvgIpc) is 3.51. The molecular formula is C24H19NO6.